The molecule has 3 heteroatoms. The van der Waals surface area contributed by atoms with Gasteiger partial charge in [-0.1, -0.05) is 164 Å². The van der Waals surface area contributed by atoms with Crippen molar-refractivity contribution in [3.63, 3.8) is 0 Å². The Morgan fingerprint density at radius 3 is 1.48 bits per heavy atom. The summed E-state index contributed by atoms with van der Waals surface area (Å²) >= 11 is 0. The van der Waals surface area contributed by atoms with Crippen LogP contribution in [-0.2, 0) is 0 Å². The fourth-order valence-corrected chi connectivity index (χ4v) is 9.13. The number of rotatable bonds is 4. The van der Waals surface area contributed by atoms with Crippen molar-refractivity contribution in [3.05, 3.63) is 188 Å². The minimum absolute atomic E-state index is 0.642. The van der Waals surface area contributed by atoms with Crippen molar-refractivity contribution in [2.45, 2.75) is 0 Å². The maximum Gasteiger partial charge on any atom is 0.164 e. The molecular formula is C53H31N3. The molecule has 0 saturated heterocycles. The van der Waals surface area contributed by atoms with Gasteiger partial charge in [-0.2, -0.15) is 0 Å². The minimum Gasteiger partial charge on any atom is -0.208 e. The predicted molar refractivity (Wildman–Crippen MR) is 234 cm³/mol. The van der Waals surface area contributed by atoms with Crippen LogP contribution in [0.4, 0.5) is 0 Å². The van der Waals surface area contributed by atoms with E-state index in [1.54, 1.807) is 0 Å². The number of benzene rings is 10. The molecule has 1 aliphatic carbocycles. The lowest BCUT2D eigenvalue weighted by atomic mass is 9.87. The van der Waals surface area contributed by atoms with Crippen molar-refractivity contribution in [2.24, 2.45) is 0 Å². The van der Waals surface area contributed by atoms with Crippen LogP contribution in [0.1, 0.15) is 0 Å². The average molecular weight is 710 g/mol. The molecule has 3 nitrogen and oxygen atoms in total. The molecule has 1 heterocycles. The summed E-state index contributed by atoms with van der Waals surface area (Å²) in [5.41, 5.74) is 10.2. The Kier molecular flexibility index (Phi) is 6.63. The lowest BCUT2D eigenvalue weighted by Crippen LogP contribution is -2.00. The highest BCUT2D eigenvalue weighted by atomic mass is 15.0. The Balaban J connectivity index is 1.08. The van der Waals surface area contributed by atoms with Crippen molar-refractivity contribution in [3.8, 4) is 67.5 Å². The molecule has 10 aromatic carbocycles. The molecule has 1 aromatic heterocycles. The molecule has 0 unspecified atom stereocenters. The summed E-state index contributed by atoms with van der Waals surface area (Å²) in [5.74, 6) is 1.95. The maximum absolute atomic E-state index is 5.25. The second-order valence-electron chi connectivity index (χ2n) is 14.7. The standard InChI is InChI=1S/C53H31N3/c1-2-14-32(15-3-1)51-54-52(56-53(55-51)36-29-34-17-13-27-43-39-21-5-7-23-41(39)47(30-36)49(34)43)35-18-12-16-33(28-35)46-31-48-40-22-6-4-19-37(40)38-20-8-10-25-44(38)50(48)45-26-11-9-24-42(45)46/h1-31H. The molecule has 1 aliphatic rings. The first-order valence-corrected chi connectivity index (χ1v) is 19.1. The minimum atomic E-state index is 0.642. The molecule has 0 aliphatic heterocycles. The highest BCUT2D eigenvalue weighted by Gasteiger charge is 2.23. The molecule has 0 N–H and O–H groups in total. The molecular weight excluding hydrogens is 679 g/mol. The third kappa shape index (κ3) is 4.61. The van der Waals surface area contributed by atoms with Gasteiger partial charge in [0.05, 0.1) is 0 Å². The van der Waals surface area contributed by atoms with E-state index in [0.29, 0.717) is 17.5 Å². The predicted octanol–water partition coefficient (Wildman–Crippen LogP) is 14.0. The van der Waals surface area contributed by atoms with E-state index < -0.39 is 0 Å². The van der Waals surface area contributed by atoms with E-state index in [1.165, 1.54) is 81.7 Å². The molecule has 12 rings (SSSR count). The third-order valence-electron chi connectivity index (χ3n) is 11.6. The second-order valence-corrected chi connectivity index (χ2v) is 14.7. The van der Waals surface area contributed by atoms with Gasteiger partial charge in [0.1, 0.15) is 0 Å². The summed E-state index contributed by atoms with van der Waals surface area (Å²) in [6.07, 6.45) is 0. The topological polar surface area (TPSA) is 38.7 Å². The first-order chi connectivity index (χ1) is 27.8. The average Bonchev–Trinajstić information content (AvgIpc) is 3.60. The van der Waals surface area contributed by atoms with Crippen LogP contribution in [0.2, 0.25) is 0 Å². The zero-order valence-corrected chi connectivity index (χ0v) is 30.2. The van der Waals surface area contributed by atoms with Gasteiger partial charge < -0.3 is 0 Å². The Labute approximate surface area is 323 Å². The molecule has 56 heavy (non-hydrogen) atoms. The largest absolute Gasteiger partial charge is 0.208 e. The van der Waals surface area contributed by atoms with Gasteiger partial charge in [-0.3, -0.25) is 0 Å². The molecule has 258 valence electrons. The SMILES string of the molecule is c1ccc(-c2nc(-c3cccc(-c4cc5c6ccccc6c6ccccc6c5c5ccccc45)c3)nc(-c3cc4c5c(cccc5c3)-c3ccccc3-4)n2)cc1. The lowest BCUT2D eigenvalue weighted by Gasteiger charge is -2.16. The van der Waals surface area contributed by atoms with Crippen molar-refractivity contribution in [2.75, 3.05) is 0 Å². The summed E-state index contributed by atoms with van der Waals surface area (Å²) < 4.78 is 0. The molecule has 0 spiro atoms. The summed E-state index contributed by atoms with van der Waals surface area (Å²) in [6, 6.07) is 67.5. The van der Waals surface area contributed by atoms with Crippen LogP contribution in [0.25, 0.3) is 121 Å². The van der Waals surface area contributed by atoms with Crippen molar-refractivity contribution < 1.29 is 0 Å². The summed E-state index contributed by atoms with van der Waals surface area (Å²) in [7, 11) is 0. The van der Waals surface area contributed by atoms with Gasteiger partial charge in [0.2, 0.25) is 0 Å². The Morgan fingerprint density at radius 1 is 0.232 bits per heavy atom. The molecule has 0 bridgehead atoms. The van der Waals surface area contributed by atoms with Crippen LogP contribution in [0.15, 0.2) is 188 Å². The Bertz CT molecular complexity index is 3420. The molecule has 0 amide bonds. The van der Waals surface area contributed by atoms with Crippen molar-refractivity contribution in [1.29, 1.82) is 0 Å². The fraction of sp³-hybridized carbons (Fsp3) is 0. The van der Waals surface area contributed by atoms with E-state index in [2.05, 4.69) is 170 Å². The number of hydrogen-bond acceptors (Lipinski definition) is 3. The zero-order chi connectivity index (χ0) is 36.7. The van der Waals surface area contributed by atoms with Crippen LogP contribution in [0, 0.1) is 0 Å². The normalized spacial score (nSPS) is 11.9. The molecule has 11 aromatic rings. The number of nitrogens with zero attached hydrogens (tertiary/aromatic N) is 3. The summed E-state index contributed by atoms with van der Waals surface area (Å²) in [5, 5.41) is 12.5. The van der Waals surface area contributed by atoms with E-state index >= 15 is 0 Å². The van der Waals surface area contributed by atoms with Crippen molar-refractivity contribution >= 4 is 53.9 Å². The zero-order valence-electron chi connectivity index (χ0n) is 30.2. The lowest BCUT2D eigenvalue weighted by molar-refractivity contribution is 1.07. The van der Waals surface area contributed by atoms with E-state index in [1.807, 2.05) is 18.2 Å². The van der Waals surface area contributed by atoms with E-state index in [9.17, 15) is 0 Å². The van der Waals surface area contributed by atoms with Gasteiger partial charge in [-0.15, -0.1) is 0 Å². The third-order valence-corrected chi connectivity index (χ3v) is 11.6. The highest BCUT2D eigenvalue weighted by molar-refractivity contribution is 6.33. The summed E-state index contributed by atoms with van der Waals surface area (Å²) in [6.45, 7) is 0. The molecule has 0 atom stereocenters. The van der Waals surface area contributed by atoms with Gasteiger partial charge in [-0.25, -0.2) is 15.0 Å². The highest BCUT2D eigenvalue weighted by Crippen LogP contribution is 2.49. The second kappa shape index (κ2) is 12.0. The Morgan fingerprint density at radius 2 is 0.732 bits per heavy atom. The summed E-state index contributed by atoms with van der Waals surface area (Å²) in [4.78, 5) is 15.5. The number of fused-ring (bicyclic) bond motifs is 11. The van der Waals surface area contributed by atoms with Gasteiger partial charge in [-0.05, 0) is 112 Å². The van der Waals surface area contributed by atoms with Crippen molar-refractivity contribution in [1.82, 2.24) is 15.0 Å². The molecule has 0 saturated carbocycles. The van der Waals surface area contributed by atoms with Gasteiger partial charge >= 0.3 is 0 Å². The number of hydrogen-bond donors (Lipinski definition) is 0. The van der Waals surface area contributed by atoms with Crippen LogP contribution >= 0.6 is 0 Å². The van der Waals surface area contributed by atoms with Gasteiger partial charge in [0.25, 0.3) is 0 Å². The van der Waals surface area contributed by atoms with Crippen LogP contribution in [-0.4, -0.2) is 15.0 Å². The van der Waals surface area contributed by atoms with Crippen LogP contribution < -0.4 is 0 Å². The van der Waals surface area contributed by atoms with E-state index in [4.69, 9.17) is 15.0 Å². The van der Waals surface area contributed by atoms with Gasteiger partial charge in [0.15, 0.2) is 17.5 Å². The van der Waals surface area contributed by atoms with E-state index in [0.717, 1.165) is 22.3 Å². The Hall–Kier alpha value is -7.49. The first-order valence-electron chi connectivity index (χ1n) is 19.1. The fourth-order valence-electron chi connectivity index (χ4n) is 9.13. The number of aromatic nitrogens is 3. The first kappa shape index (κ1) is 30.9. The monoisotopic (exact) mass is 709 g/mol. The van der Waals surface area contributed by atoms with Crippen LogP contribution in [0.3, 0.4) is 0 Å². The molecule has 0 radical (unpaired) electrons. The van der Waals surface area contributed by atoms with Crippen LogP contribution in [0.5, 0.6) is 0 Å². The molecule has 0 fully saturated rings. The van der Waals surface area contributed by atoms with E-state index in [-0.39, 0.29) is 0 Å². The van der Waals surface area contributed by atoms with Gasteiger partial charge in [0, 0.05) is 16.7 Å². The quantitative estimate of drug-likeness (QED) is 0.171. The smallest absolute Gasteiger partial charge is 0.164 e. The maximum atomic E-state index is 5.25.